The SMILES string of the molecule is COCCN1C(=S)N(c2ccccc2OC)C2CS(=O)(=O)CC21. The number of ether oxygens (including phenoxy) is 2. The standard InChI is InChI=1S/C15H20N2O4S2/c1-20-8-7-16-12-9-23(18,19)10-13(12)17(15(16)22)11-5-3-4-6-14(11)21-2/h3-6,12-13H,7-10H2,1-2H3. The predicted octanol–water partition coefficient (Wildman–Crippen LogP) is 0.914. The van der Waals surface area contributed by atoms with Crippen molar-refractivity contribution in [2.45, 2.75) is 12.1 Å². The Kier molecular flexibility index (Phi) is 4.48. The molecule has 2 saturated heterocycles. The minimum absolute atomic E-state index is 0.110. The van der Waals surface area contributed by atoms with Crippen LogP contribution >= 0.6 is 12.2 Å². The van der Waals surface area contributed by atoms with E-state index in [-0.39, 0.29) is 23.6 Å². The Balaban J connectivity index is 2.00. The summed E-state index contributed by atoms with van der Waals surface area (Å²) < 4.78 is 34.9. The maximum absolute atomic E-state index is 12.1. The Morgan fingerprint density at radius 1 is 1.22 bits per heavy atom. The Bertz CT molecular complexity index is 707. The van der Waals surface area contributed by atoms with Gasteiger partial charge in [-0.15, -0.1) is 0 Å². The van der Waals surface area contributed by atoms with Crippen molar-refractivity contribution in [3.63, 3.8) is 0 Å². The molecule has 0 spiro atoms. The van der Waals surface area contributed by atoms with Gasteiger partial charge in [0.05, 0.1) is 43.0 Å². The number of hydrogen-bond acceptors (Lipinski definition) is 5. The predicted molar refractivity (Wildman–Crippen MR) is 92.9 cm³/mol. The van der Waals surface area contributed by atoms with E-state index in [1.54, 1.807) is 14.2 Å². The molecule has 1 aromatic rings. The minimum Gasteiger partial charge on any atom is -0.495 e. The molecule has 0 radical (unpaired) electrons. The monoisotopic (exact) mass is 356 g/mol. The Morgan fingerprint density at radius 2 is 1.91 bits per heavy atom. The molecule has 2 heterocycles. The van der Waals surface area contributed by atoms with Crippen LogP contribution in [0.3, 0.4) is 0 Å². The van der Waals surface area contributed by atoms with Crippen LogP contribution in [0, 0.1) is 0 Å². The lowest BCUT2D eigenvalue weighted by Crippen LogP contribution is -2.39. The Hall–Kier alpha value is -1.38. The molecule has 2 unspecified atom stereocenters. The number of nitrogens with zero attached hydrogens (tertiary/aromatic N) is 2. The molecular weight excluding hydrogens is 336 g/mol. The highest BCUT2D eigenvalue weighted by Gasteiger charge is 2.52. The number of rotatable bonds is 5. The van der Waals surface area contributed by atoms with Crippen LogP contribution in [0.1, 0.15) is 0 Å². The second kappa shape index (κ2) is 6.26. The van der Waals surface area contributed by atoms with Crippen LogP contribution in [-0.4, -0.2) is 69.4 Å². The molecule has 6 nitrogen and oxygen atoms in total. The highest BCUT2D eigenvalue weighted by atomic mass is 32.2. The molecule has 2 fully saturated rings. The van der Waals surface area contributed by atoms with E-state index >= 15 is 0 Å². The van der Waals surface area contributed by atoms with Gasteiger partial charge in [-0.25, -0.2) is 8.42 Å². The quantitative estimate of drug-likeness (QED) is 0.727. The van der Waals surface area contributed by atoms with Gasteiger partial charge in [0.2, 0.25) is 0 Å². The van der Waals surface area contributed by atoms with Gasteiger partial charge in [-0.2, -0.15) is 0 Å². The van der Waals surface area contributed by atoms with Gasteiger partial charge in [0, 0.05) is 13.7 Å². The summed E-state index contributed by atoms with van der Waals surface area (Å²) in [6.45, 7) is 1.08. The summed E-state index contributed by atoms with van der Waals surface area (Å²) in [4.78, 5) is 3.90. The van der Waals surface area contributed by atoms with E-state index in [0.717, 1.165) is 5.69 Å². The van der Waals surface area contributed by atoms with Crippen molar-refractivity contribution < 1.29 is 17.9 Å². The largest absolute Gasteiger partial charge is 0.495 e. The van der Waals surface area contributed by atoms with Crippen LogP contribution in [0.25, 0.3) is 0 Å². The zero-order valence-electron chi connectivity index (χ0n) is 13.1. The van der Waals surface area contributed by atoms with Gasteiger partial charge in [0.1, 0.15) is 5.75 Å². The van der Waals surface area contributed by atoms with Crippen LogP contribution in [0.4, 0.5) is 5.69 Å². The van der Waals surface area contributed by atoms with E-state index in [2.05, 4.69) is 0 Å². The number of benzene rings is 1. The fourth-order valence-corrected chi connectivity index (χ4v) is 5.75. The summed E-state index contributed by atoms with van der Waals surface area (Å²) in [6.07, 6.45) is 0. The minimum atomic E-state index is -3.07. The molecule has 0 aliphatic carbocycles. The van der Waals surface area contributed by atoms with Crippen molar-refractivity contribution >= 4 is 32.9 Å². The summed E-state index contributed by atoms with van der Waals surface area (Å²) in [5.74, 6) is 0.929. The number of anilines is 1. The lowest BCUT2D eigenvalue weighted by atomic mass is 10.1. The highest BCUT2D eigenvalue weighted by Crippen LogP contribution is 2.39. The third-order valence-corrected chi connectivity index (χ3v) is 6.49. The fraction of sp³-hybridized carbons (Fsp3) is 0.533. The van der Waals surface area contributed by atoms with Crippen molar-refractivity contribution in [1.82, 2.24) is 4.90 Å². The van der Waals surface area contributed by atoms with Crippen molar-refractivity contribution in [3.8, 4) is 5.75 Å². The Morgan fingerprint density at radius 3 is 2.61 bits per heavy atom. The smallest absolute Gasteiger partial charge is 0.177 e. The molecule has 0 bridgehead atoms. The van der Waals surface area contributed by atoms with Gasteiger partial charge in [-0.3, -0.25) is 0 Å². The van der Waals surface area contributed by atoms with Crippen molar-refractivity contribution in [3.05, 3.63) is 24.3 Å². The third kappa shape index (κ3) is 2.90. The first-order valence-electron chi connectivity index (χ1n) is 7.40. The molecule has 0 N–H and O–H groups in total. The normalized spacial score (nSPS) is 25.7. The number of sulfone groups is 1. The van der Waals surface area contributed by atoms with Crippen molar-refractivity contribution in [1.29, 1.82) is 0 Å². The number of methoxy groups -OCH3 is 2. The van der Waals surface area contributed by atoms with Crippen molar-refractivity contribution in [2.24, 2.45) is 0 Å². The van der Waals surface area contributed by atoms with Crippen LogP contribution < -0.4 is 9.64 Å². The fourth-order valence-electron chi connectivity index (χ4n) is 3.34. The lowest BCUT2D eigenvalue weighted by Gasteiger charge is -2.26. The van der Waals surface area contributed by atoms with E-state index in [0.29, 0.717) is 24.0 Å². The van der Waals surface area contributed by atoms with E-state index < -0.39 is 9.84 Å². The number of thiocarbonyl (C=S) groups is 1. The summed E-state index contributed by atoms with van der Waals surface area (Å²) in [5, 5.41) is 0.636. The first-order chi connectivity index (χ1) is 11.0. The summed E-state index contributed by atoms with van der Waals surface area (Å²) in [5.41, 5.74) is 0.812. The molecule has 3 rings (SSSR count). The number of para-hydroxylation sites is 2. The maximum Gasteiger partial charge on any atom is 0.177 e. The molecule has 2 aliphatic heterocycles. The van der Waals surface area contributed by atoms with Crippen molar-refractivity contribution in [2.75, 3.05) is 43.8 Å². The Labute approximate surface area is 141 Å². The van der Waals surface area contributed by atoms with Gasteiger partial charge < -0.3 is 19.3 Å². The summed E-state index contributed by atoms with van der Waals surface area (Å²) >= 11 is 5.64. The molecule has 8 heteroatoms. The molecule has 23 heavy (non-hydrogen) atoms. The van der Waals surface area contributed by atoms with Crippen LogP contribution in [0.2, 0.25) is 0 Å². The average Bonchev–Trinajstić information content (AvgIpc) is 2.95. The van der Waals surface area contributed by atoms with Gasteiger partial charge in [-0.05, 0) is 24.4 Å². The first-order valence-corrected chi connectivity index (χ1v) is 9.63. The molecule has 126 valence electrons. The van der Waals surface area contributed by atoms with Gasteiger partial charge in [-0.1, -0.05) is 12.1 Å². The number of fused-ring (bicyclic) bond motifs is 1. The van der Waals surface area contributed by atoms with E-state index in [1.807, 2.05) is 34.1 Å². The second-order valence-electron chi connectivity index (χ2n) is 5.72. The van der Waals surface area contributed by atoms with E-state index in [1.165, 1.54) is 0 Å². The van der Waals surface area contributed by atoms with Gasteiger partial charge >= 0.3 is 0 Å². The first kappa shape index (κ1) is 16.5. The molecule has 0 aromatic heterocycles. The number of hydrogen-bond donors (Lipinski definition) is 0. The second-order valence-corrected chi connectivity index (χ2v) is 8.24. The topological polar surface area (TPSA) is 59.1 Å². The van der Waals surface area contributed by atoms with Gasteiger partial charge in [0.15, 0.2) is 14.9 Å². The molecule has 2 aliphatic rings. The molecule has 2 atom stereocenters. The average molecular weight is 356 g/mol. The zero-order valence-corrected chi connectivity index (χ0v) is 14.8. The summed E-state index contributed by atoms with van der Waals surface area (Å²) in [7, 11) is 0.154. The molecule has 1 aromatic carbocycles. The van der Waals surface area contributed by atoms with Crippen LogP contribution in [0.5, 0.6) is 5.75 Å². The molecule has 0 amide bonds. The lowest BCUT2D eigenvalue weighted by molar-refractivity contribution is 0.169. The zero-order chi connectivity index (χ0) is 16.6. The van der Waals surface area contributed by atoms with Crippen LogP contribution in [0.15, 0.2) is 24.3 Å². The highest BCUT2D eigenvalue weighted by molar-refractivity contribution is 7.91. The van der Waals surface area contributed by atoms with Crippen LogP contribution in [-0.2, 0) is 14.6 Å². The molecular formula is C15H20N2O4S2. The van der Waals surface area contributed by atoms with E-state index in [9.17, 15) is 8.42 Å². The summed E-state index contributed by atoms with van der Waals surface area (Å²) in [6, 6.07) is 7.23. The third-order valence-electron chi connectivity index (χ3n) is 4.36. The molecule has 0 saturated carbocycles. The van der Waals surface area contributed by atoms with E-state index in [4.69, 9.17) is 21.7 Å². The maximum atomic E-state index is 12.1. The van der Waals surface area contributed by atoms with Gasteiger partial charge in [0.25, 0.3) is 0 Å².